The van der Waals surface area contributed by atoms with Crippen LogP contribution < -0.4 is 5.32 Å². The second-order valence-corrected chi connectivity index (χ2v) is 13.5. The summed E-state index contributed by atoms with van der Waals surface area (Å²) in [6.45, 7) is 1.41. The van der Waals surface area contributed by atoms with Gasteiger partial charge in [-0.15, -0.1) is 0 Å². The van der Waals surface area contributed by atoms with E-state index in [-0.39, 0.29) is 33.0 Å². The number of halogens is 1. The first-order valence-electron chi connectivity index (χ1n) is 16.8. The minimum absolute atomic E-state index is 0.202. The average molecular weight is 831 g/mol. The molecule has 5 rings (SSSR count). The number of alkyl halides is 1. The van der Waals surface area contributed by atoms with E-state index in [1.165, 1.54) is 21.1 Å². The van der Waals surface area contributed by atoms with E-state index in [0.717, 1.165) is 16.7 Å². The van der Waals surface area contributed by atoms with Crippen molar-refractivity contribution >= 4 is 34.5 Å². The molecule has 52 heavy (non-hydrogen) atoms. The lowest BCUT2D eigenvalue weighted by Gasteiger charge is -2.48. The molecule has 0 aromatic heterocycles. The van der Waals surface area contributed by atoms with Gasteiger partial charge in [0.05, 0.1) is 39.1 Å². The quantitative estimate of drug-likeness (QED) is 0.0517. The van der Waals surface area contributed by atoms with Crippen molar-refractivity contribution in [3.05, 3.63) is 118 Å². The Kier molecular flexibility index (Phi) is 14.8. The van der Waals surface area contributed by atoms with Gasteiger partial charge in [0.25, 0.3) is 11.7 Å². The molecule has 2 saturated heterocycles. The van der Waals surface area contributed by atoms with Crippen molar-refractivity contribution in [3.63, 3.8) is 0 Å². The third-order valence-corrected chi connectivity index (χ3v) is 10.2. The van der Waals surface area contributed by atoms with Crippen LogP contribution in [0.1, 0.15) is 23.6 Å². The number of rotatable bonds is 16. The number of likely N-dealkylation sites (N-methyl/N-ethyl adjacent to an activating group) is 1. The largest absolute Gasteiger partial charge is 0.461 e. The maximum atomic E-state index is 13.6. The van der Waals surface area contributed by atoms with Gasteiger partial charge in [-0.25, -0.2) is 0 Å². The van der Waals surface area contributed by atoms with Crippen LogP contribution in [0.5, 0.6) is 0 Å². The normalized spacial score (nSPS) is 28.7. The van der Waals surface area contributed by atoms with Gasteiger partial charge in [-0.05, 0) is 22.2 Å². The van der Waals surface area contributed by atoms with Gasteiger partial charge in [0.15, 0.2) is 6.29 Å². The zero-order chi connectivity index (χ0) is 36.9. The van der Waals surface area contributed by atoms with E-state index < -0.39 is 64.4 Å². The van der Waals surface area contributed by atoms with Gasteiger partial charge in [0, 0.05) is 26.0 Å². The molecule has 9 atom stereocenters. The molecule has 2 aliphatic heterocycles. The fourth-order valence-corrected chi connectivity index (χ4v) is 7.39. The van der Waals surface area contributed by atoms with Crippen LogP contribution >= 0.6 is 22.6 Å². The second kappa shape index (κ2) is 19.4. The number of hydrogen-bond donors (Lipinski definition) is 1. The number of benzene rings is 3. The van der Waals surface area contributed by atoms with Crippen LogP contribution in [0.15, 0.2) is 96.1 Å². The maximum absolute atomic E-state index is 13.6. The van der Waals surface area contributed by atoms with Crippen molar-refractivity contribution in [2.75, 3.05) is 27.4 Å². The molecule has 0 aliphatic carbocycles. The van der Waals surface area contributed by atoms with Crippen molar-refractivity contribution in [2.45, 2.75) is 79.3 Å². The van der Waals surface area contributed by atoms with E-state index in [1.807, 2.05) is 114 Å². The molecule has 2 aliphatic rings. The molecule has 0 spiro atoms. The van der Waals surface area contributed by atoms with Crippen LogP contribution in [0.4, 0.5) is 0 Å². The Morgan fingerprint density at radius 2 is 1.38 bits per heavy atom. The van der Waals surface area contributed by atoms with Gasteiger partial charge >= 0.3 is 5.97 Å². The maximum Gasteiger partial charge on any atom is 0.302 e. The monoisotopic (exact) mass is 830 g/mol. The fraction of sp³-hybridized carbons (Fsp3) is 0.459. The van der Waals surface area contributed by atoms with Crippen LogP contribution in [-0.4, -0.2) is 91.8 Å². The molecule has 14 nitrogen and oxygen atoms in total. The van der Waals surface area contributed by atoms with Crippen molar-refractivity contribution < 1.29 is 47.5 Å². The summed E-state index contributed by atoms with van der Waals surface area (Å²) < 4.78 is 49.3. The van der Waals surface area contributed by atoms with Gasteiger partial charge < -0.3 is 43.2 Å². The Bertz CT molecular complexity index is 1620. The molecule has 0 bridgehead atoms. The standard InChI is InChI=1S/C37H43IN4O10/c1-24(43)51-30-28(41-42-39)22-49-37(34(30)38,36(44)40-2)50-23-29-31(46-19-25-13-7-4-8-14-25)32(47-20-26-15-9-5-10-16-26)33(35(45-3)52-29)48-21-27-17-11-6-12-18-27/h4-18,28-35H,19-23H2,1-3H3,(H,40,44)/t28-,29+,30+,31+,32-,33+,34-,35-,37-/m0/s1. The number of carbonyl (C=O) groups is 2. The molecule has 0 unspecified atom stereocenters. The number of methoxy groups -OCH3 is 1. The number of azide groups is 1. The van der Waals surface area contributed by atoms with E-state index >= 15 is 0 Å². The first-order chi connectivity index (χ1) is 25.3. The zero-order valence-corrected chi connectivity index (χ0v) is 31.3. The van der Waals surface area contributed by atoms with Crippen LogP contribution in [0, 0.1) is 0 Å². The van der Waals surface area contributed by atoms with Crippen molar-refractivity contribution in [3.8, 4) is 0 Å². The molecule has 2 heterocycles. The first-order valence-corrected chi connectivity index (χ1v) is 18.0. The molecule has 3 aromatic rings. The highest BCUT2D eigenvalue weighted by Gasteiger charge is 2.58. The number of ether oxygens (including phenoxy) is 8. The summed E-state index contributed by atoms with van der Waals surface area (Å²) >= 11 is 1.93. The number of hydrogen-bond acceptors (Lipinski definition) is 11. The first kappa shape index (κ1) is 39.6. The van der Waals surface area contributed by atoms with Gasteiger partial charge in [-0.3, -0.25) is 9.59 Å². The molecule has 278 valence electrons. The summed E-state index contributed by atoms with van der Waals surface area (Å²) in [6.07, 6.45) is -5.17. The Hall–Kier alpha value is -3.64. The van der Waals surface area contributed by atoms with E-state index in [1.54, 1.807) is 0 Å². The van der Waals surface area contributed by atoms with E-state index in [4.69, 9.17) is 37.9 Å². The number of nitrogens with one attached hydrogen (secondary N) is 1. The lowest BCUT2D eigenvalue weighted by atomic mass is 9.96. The van der Waals surface area contributed by atoms with E-state index in [0.29, 0.717) is 0 Å². The molecule has 2 fully saturated rings. The SMILES string of the molecule is CNC(=O)[C@]1(OC[C@H]2O[C@H](OC)[C@H](OCc3ccccc3)[C@@H](OCc3ccccc3)[C@@H]2OCc2ccccc2)OC[C@H](N=[N+]=[N-])[C@@H](OC(C)=O)[C@@H]1I. The summed E-state index contributed by atoms with van der Waals surface area (Å²) in [5.41, 5.74) is 12.0. The van der Waals surface area contributed by atoms with Gasteiger partial charge in [0.2, 0.25) is 0 Å². The third kappa shape index (κ3) is 9.86. The average Bonchev–Trinajstić information content (AvgIpc) is 3.17. The second-order valence-electron chi connectivity index (χ2n) is 12.2. The third-order valence-electron chi connectivity index (χ3n) is 8.69. The minimum Gasteiger partial charge on any atom is -0.461 e. The Morgan fingerprint density at radius 3 is 1.87 bits per heavy atom. The Labute approximate surface area is 316 Å². The number of carbonyl (C=O) groups excluding carboxylic acids is 2. The highest BCUT2D eigenvalue weighted by atomic mass is 127. The number of nitrogens with zero attached hydrogens (tertiary/aromatic N) is 3. The van der Waals surface area contributed by atoms with Crippen LogP contribution in [0.25, 0.3) is 10.4 Å². The highest BCUT2D eigenvalue weighted by molar-refractivity contribution is 14.1. The van der Waals surface area contributed by atoms with Crippen molar-refractivity contribution in [1.82, 2.24) is 5.32 Å². The Balaban J connectivity index is 1.48. The predicted octanol–water partition coefficient (Wildman–Crippen LogP) is 5.02. The fourth-order valence-electron chi connectivity index (χ4n) is 6.12. The Morgan fingerprint density at radius 1 is 0.865 bits per heavy atom. The smallest absolute Gasteiger partial charge is 0.302 e. The van der Waals surface area contributed by atoms with Crippen LogP contribution in [0.3, 0.4) is 0 Å². The summed E-state index contributed by atoms with van der Waals surface area (Å²) in [7, 11) is 2.95. The molecule has 3 aromatic carbocycles. The van der Waals surface area contributed by atoms with Crippen LogP contribution in [0.2, 0.25) is 0 Å². The summed E-state index contributed by atoms with van der Waals surface area (Å²) in [5.74, 6) is -3.23. The zero-order valence-electron chi connectivity index (χ0n) is 29.1. The minimum atomic E-state index is -1.98. The topological polar surface area (TPSA) is 169 Å². The molecule has 1 N–H and O–H groups in total. The molecule has 1 amide bonds. The summed E-state index contributed by atoms with van der Waals surface area (Å²) in [5, 5.41) is 6.35. The molecule has 15 heteroatoms. The number of amides is 1. The predicted molar refractivity (Wildman–Crippen MR) is 196 cm³/mol. The van der Waals surface area contributed by atoms with Gasteiger partial charge in [-0.2, -0.15) is 0 Å². The molecule has 0 radical (unpaired) electrons. The summed E-state index contributed by atoms with van der Waals surface area (Å²) in [6, 6.07) is 28.2. The summed E-state index contributed by atoms with van der Waals surface area (Å²) in [4.78, 5) is 28.6. The van der Waals surface area contributed by atoms with Gasteiger partial charge in [-0.1, -0.05) is 119 Å². The molecule has 0 saturated carbocycles. The highest BCUT2D eigenvalue weighted by Crippen LogP contribution is 2.38. The lowest BCUT2D eigenvalue weighted by Crippen LogP contribution is -2.67. The van der Waals surface area contributed by atoms with Gasteiger partial charge in [0.1, 0.15) is 34.4 Å². The van der Waals surface area contributed by atoms with E-state index in [9.17, 15) is 15.1 Å². The van der Waals surface area contributed by atoms with Crippen LogP contribution in [-0.2, 0) is 67.3 Å². The van der Waals surface area contributed by atoms with Crippen molar-refractivity contribution in [1.29, 1.82) is 0 Å². The lowest BCUT2D eigenvalue weighted by molar-refractivity contribution is -0.335. The van der Waals surface area contributed by atoms with Crippen molar-refractivity contribution in [2.24, 2.45) is 5.11 Å². The number of esters is 1. The molecular weight excluding hydrogens is 787 g/mol. The molecular formula is C37H43IN4O10. The van der Waals surface area contributed by atoms with E-state index in [2.05, 4.69) is 15.3 Å².